The van der Waals surface area contributed by atoms with Gasteiger partial charge in [-0.25, -0.2) is 0 Å². The van der Waals surface area contributed by atoms with Crippen molar-refractivity contribution in [3.8, 4) is 0 Å². The van der Waals surface area contributed by atoms with Gasteiger partial charge in [-0.15, -0.1) is 11.8 Å². The zero-order valence-electron chi connectivity index (χ0n) is 16.3. The Bertz CT molecular complexity index is 645. The number of nitrogens with zero attached hydrogens (tertiary/aromatic N) is 1. The highest BCUT2D eigenvalue weighted by Gasteiger charge is 2.51. The fourth-order valence-electron chi connectivity index (χ4n) is 6.52. The summed E-state index contributed by atoms with van der Waals surface area (Å²) in [4.78, 5) is 15.0. The van der Waals surface area contributed by atoms with E-state index in [1.165, 1.54) is 70.0 Å². The fraction of sp³-hybridized carbons (Fsp3) is 0.696. The molecule has 1 heterocycles. The topological polar surface area (TPSA) is 32.3 Å². The van der Waals surface area contributed by atoms with Crippen LogP contribution in [0.3, 0.4) is 0 Å². The lowest BCUT2D eigenvalue weighted by Crippen LogP contribution is -2.49. The highest BCUT2D eigenvalue weighted by molar-refractivity contribution is 8.01. The van der Waals surface area contributed by atoms with E-state index in [-0.39, 0.29) is 5.91 Å². The number of hydrogen-bond donors (Lipinski definition) is 1. The first-order chi connectivity index (χ1) is 13.2. The lowest BCUT2D eigenvalue weighted by atomic mass is 9.56. The van der Waals surface area contributed by atoms with Crippen LogP contribution in [0.1, 0.15) is 56.9 Å². The molecule has 1 aromatic carbocycles. The molecule has 6 rings (SSSR count). The first kappa shape index (κ1) is 18.1. The van der Waals surface area contributed by atoms with E-state index in [1.54, 1.807) is 0 Å². The molecule has 5 aliphatic rings. The molecule has 1 aromatic rings. The first-order valence-corrected chi connectivity index (χ1v) is 11.9. The van der Waals surface area contributed by atoms with Crippen LogP contribution in [0.15, 0.2) is 24.3 Å². The average molecular weight is 385 g/mol. The van der Waals surface area contributed by atoms with Crippen LogP contribution >= 0.6 is 11.8 Å². The van der Waals surface area contributed by atoms with Crippen molar-refractivity contribution < 1.29 is 4.79 Å². The molecule has 0 atom stereocenters. The third kappa shape index (κ3) is 4.07. The van der Waals surface area contributed by atoms with Gasteiger partial charge in [-0.3, -0.25) is 9.69 Å². The van der Waals surface area contributed by atoms with Gasteiger partial charge in [0.25, 0.3) is 0 Å². The third-order valence-corrected chi connectivity index (χ3v) is 8.85. The second kappa shape index (κ2) is 7.44. The molecule has 4 bridgehead atoms. The van der Waals surface area contributed by atoms with Crippen LogP contribution in [0.5, 0.6) is 0 Å². The van der Waals surface area contributed by atoms with Crippen LogP contribution < -0.4 is 5.32 Å². The zero-order chi connectivity index (χ0) is 18.3. The quantitative estimate of drug-likeness (QED) is 0.755. The lowest BCUT2D eigenvalue weighted by Gasteiger charge is -2.56. The number of likely N-dealkylation sites (tertiary alicyclic amines) is 1. The Kier molecular flexibility index (Phi) is 4.97. The van der Waals surface area contributed by atoms with Crippen molar-refractivity contribution in [2.45, 2.75) is 62.7 Å². The summed E-state index contributed by atoms with van der Waals surface area (Å²) in [6, 6.07) is 8.47. The second-order valence-electron chi connectivity index (χ2n) is 9.62. The molecule has 4 aliphatic carbocycles. The summed E-state index contributed by atoms with van der Waals surface area (Å²) >= 11 is 1.97. The number of anilines is 1. The van der Waals surface area contributed by atoms with Gasteiger partial charge in [0.15, 0.2) is 0 Å². The molecule has 1 N–H and O–H groups in total. The van der Waals surface area contributed by atoms with Gasteiger partial charge in [0.2, 0.25) is 5.91 Å². The minimum absolute atomic E-state index is 0.169. The van der Waals surface area contributed by atoms with E-state index in [0.29, 0.717) is 10.5 Å². The van der Waals surface area contributed by atoms with E-state index in [9.17, 15) is 4.79 Å². The molecule has 146 valence electrons. The molecule has 1 amide bonds. The maximum absolute atomic E-state index is 12.5. The fourth-order valence-corrected chi connectivity index (χ4v) is 8.09. The summed E-state index contributed by atoms with van der Waals surface area (Å²) < 4.78 is 0.422. The summed E-state index contributed by atoms with van der Waals surface area (Å²) in [5.74, 6) is 3.64. The normalized spacial score (nSPS) is 34.9. The molecule has 1 saturated heterocycles. The van der Waals surface area contributed by atoms with Crippen molar-refractivity contribution in [3.63, 3.8) is 0 Å². The SMILES string of the molecule is O=C(CSC12CC3CC(CC(C3)C1)C2)Nc1ccc(CN2CCCC2)cc1. The molecular formula is C23H32N2OS. The summed E-state index contributed by atoms with van der Waals surface area (Å²) in [5, 5.41) is 3.12. The van der Waals surface area contributed by atoms with E-state index in [2.05, 4.69) is 34.5 Å². The van der Waals surface area contributed by atoms with Crippen LogP contribution in [0.2, 0.25) is 0 Å². The summed E-state index contributed by atoms with van der Waals surface area (Å²) in [5.41, 5.74) is 2.29. The molecule has 4 saturated carbocycles. The number of nitrogens with one attached hydrogen (secondary N) is 1. The molecule has 3 nitrogen and oxygen atoms in total. The monoisotopic (exact) mass is 384 g/mol. The molecular weight excluding hydrogens is 352 g/mol. The smallest absolute Gasteiger partial charge is 0.234 e. The number of thioether (sulfide) groups is 1. The van der Waals surface area contributed by atoms with Crippen LogP contribution in [0.4, 0.5) is 5.69 Å². The predicted molar refractivity (Wildman–Crippen MR) is 113 cm³/mol. The number of carbonyl (C=O) groups is 1. The van der Waals surface area contributed by atoms with Crippen molar-refractivity contribution in [2.24, 2.45) is 17.8 Å². The zero-order valence-corrected chi connectivity index (χ0v) is 17.1. The third-order valence-electron chi connectivity index (χ3n) is 7.33. The predicted octanol–water partition coefficient (Wildman–Crippen LogP) is 4.92. The molecule has 4 heteroatoms. The van der Waals surface area contributed by atoms with Gasteiger partial charge in [-0.05, 0) is 99.9 Å². The van der Waals surface area contributed by atoms with Gasteiger partial charge in [0, 0.05) is 17.0 Å². The van der Waals surface area contributed by atoms with E-state index >= 15 is 0 Å². The van der Waals surface area contributed by atoms with E-state index in [1.807, 2.05) is 11.8 Å². The van der Waals surface area contributed by atoms with Crippen molar-refractivity contribution in [1.29, 1.82) is 0 Å². The minimum Gasteiger partial charge on any atom is -0.325 e. The number of amides is 1. The molecule has 0 spiro atoms. The van der Waals surface area contributed by atoms with Crippen LogP contribution in [0, 0.1) is 17.8 Å². The van der Waals surface area contributed by atoms with Crippen LogP contribution in [-0.4, -0.2) is 34.4 Å². The minimum atomic E-state index is 0.169. The van der Waals surface area contributed by atoms with E-state index in [4.69, 9.17) is 0 Å². The Labute approximate surface area is 167 Å². The first-order valence-electron chi connectivity index (χ1n) is 10.9. The largest absolute Gasteiger partial charge is 0.325 e. The molecule has 0 unspecified atom stereocenters. The molecule has 5 fully saturated rings. The number of benzene rings is 1. The van der Waals surface area contributed by atoms with Gasteiger partial charge in [-0.2, -0.15) is 0 Å². The molecule has 0 radical (unpaired) electrons. The Morgan fingerprint density at radius 2 is 1.59 bits per heavy atom. The van der Waals surface area contributed by atoms with E-state index < -0.39 is 0 Å². The highest BCUT2D eigenvalue weighted by atomic mass is 32.2. The summed E-state index contributed by atoms with van der Waals surface area (Å²) in [6.45, 7) is 3.48. The van der Waals surface area contributed by atoms with Crippen LogP contribution in [-0.2, 0) is 11.3 Å². The van der Waals surface area contributed by atoms with Gasteiger partial charge >= 0.3 is 0 Å². The molecule has 0 aromatic heterocycles. The van der Waals surface area contributed by atoms with Gasteiger partial charge in [0.1, 0.15) is 0 Å². The van der Waals surface area contributed by atoms with Crippen LogP contribution in [0.25, 0.3) is 0 Å². The van der Waals surface area contributed by atoms with Crippen molar-refractivity contribution >= 4 is 23.4 Å². The Morgan fingerprint density at radius 1 is 1.00 bits per heavy atom. The van der Waals surface area contributed by atoms with E-state index in [0.717, 1.165) is 30.0 Å². The highest BCUT2D eigenvalue weighted by Crippen LogP contribution is 2.60. The van der Waals surface area contributed by atoms with Crippen molar-refractivity contribution in [2.75, 3.05) is 24.2 Å². The maximum Gasteiger partial charge on any atom is 0.234 e. The van der Waals surface area contributed by atoms with Gasteiger partial charge < -0.3 is 5.32 Å². The van der Waals surface area contributed by atoms with Gasteiger partial charge in [0.05, 0.1) is 5.75 Å². The van der Waals surface area contributed by atoms with Crippen molar-refractivity contribution in [1.82, 2.24) is 4.90 Å². The van der Waals surface area contributed by atoms with Gasteiger partial charge in [-0.1, -0.05) is 12.1 Å². The Morgan fingerprint density at radius 3 is 2.19 bits per heavy atom. The lowest BCUT2D eigenvalue weighted by molar-refractivity contribution is -0.113. The standard InChI is InChI=1S/C23H32N2OS/c26-22(16-27-23-12-18-9-19(13-23)11-20(10-18)14-23)24-21-5-3-17(4-6-21)15-25-7-1-2-8-25/h3-6,18-20H,1-2,7-16H2,(H,24,26). The summed E-state index contributed by atoms with van der Waals surface area (Å²) in [7, 11) is 0. The number of hydrogen-bond acceptors (Lipinski definition) is 3. The Hall–Kier alpha value is -1.00. The molecule has 27 heavy (non-hydrogen) atoms. The average Bonchev–Trinajstić information content (AvgIpc) is 3.14. The summed E-state index contributed by atoms with van der Waals surface area (Å²) in [6.07, 6.45) is 11.2. The van der Waals surface area contributed by atoms with Crippen molar-refractivity contribution in [3.05, 3.63) is 29.8 Å². The maximum atomic E-state index is 12.5. The molecule has 1 aliphatic heterocycles. The second-order valence-corrected chi connectivity index (χ2v) is 11.1. The number of rotatable bonds is 6. The Balaban J connectivity index is 1.12. The number of carbonyl (C=O) groups excluding carboxylic acids is 1.